The van der Waals surface area contributed by atoms with Crippen molar-refractivity contribution in [3.05, 3.63) is 437 Å². The molecule has 18 aromatic carbocycles. The molecule has 0 amide bonds. The van der Waals surface area contributed by atoms with Crippen LogP contribution in [0.5, 0.6) is 0 Å². The lowest BCUT2D eigenvalue weighted by Gasteiger charge is -2.13. The second-order valence-electron chi connectivity index (χ2n) is 30.1. The van der Waals surface area contributed by atoms with Crippen LogP contribution in [0.3, 0.4) is 0 Å². The van der Waals surface area contributed by atoms with Gasteiger partial charge in [0, 0.05) is 71.4 Å². The van der Waals surface area contributed by atoms with Crippen molar-refractivity contribution in [2.24, 2.45) is 0 Å². The molecule has 0 radical (unpaired) electrons. The summed E-state index contributed by atoms with van der Waals surface area (Å²) in [5.41, 5.74) is 25.6. The van der Waals surface area contributed by atoms with E-state index in [1.165, 1.54) is 54.2 Å². The van der Waals surface area contributed by atoms with Gasteiger partial charge in [-0.1, -0.05) is 413 Å². The predicted molar refractivity (Wildman–Crippen MR) is 496 cm³/mol. The summed E-state index contributed by atoms with van der Waals surface area (Å²) in [6.45, 7) is 0. The molecular formula is C112H72N8. The number of pyridine rings is 2. The van der Waals surface area contributed by atoms with Gasteiger partial charge >= 0.3 is 0 Å². The Hall–Kier alpha value is -16.2. The molecule has 120 heavy (non-hydrogen) atoms. The lowest BCUT2D eigenvalue weighted by atomic mass is 9.95. The second-order valence-corrected chi connectivity index (χ2v) is 30.1. The van der Waals surface area contributed by atoms with Crippen molar-refractivity contribution in [1.82, 2.24) is 39.9 Å². The van der Waals surface area contributed by atoms with Gasteiger partial charge < -0.3 is 0 Å². The highest BCUT2D eigenvalue weighted by atomic mass is 15.0. The average Bonchev–Trinajstić information content (AvgIpc) is 0.750. The molecule has 0 saturated heterocycles. The topological polar surface area (TPSA) is 103 Å². The third-order valence-corrected chi connectivity index (χ3v) is 22.7. The number of aromatic nitrogens is 8. The van der Waals surface area contributed by atoms with Crippen LogP contribution in [0.4, 0.5) is 0 Å². The van der Waals surface area contributed by atoms with E-state index in [4.69, 9.17) is 39.9 Å². The molecule has 0 N–H and O–H groups in total. The summed E-state index contributed by atoms with van der Waals surface area (Å²) in [6, 6.07) is 153. The standard InChI is InChI=1S/2C56H36N4/c1-3-12-37(13-4-1)38-26-30-44(31-27-38)55-58-54(43-15-5-2-6-16-43)59-56(60-55)45-32-28-40(29-33-45)39-22-24-41(25-23-39)46-17-11-18-47(36-46)52-50-21-10-9-20-49(50)51-35-34-42-14-7-8-19-48(42)53(51)57-52;1-3-12-37(13-4-1)38-26-30-43(31-27-38)55-58-54(42-14-5-2-6-15-42)59-56(60-55)44-32-28-40(29-33-44)39-22-24-41(25-23-39)45-18-11-19-48(34-45)53-50-21-10-9-20-49(50)51-35-46-16-7-8-17-47(46)36-52(51)57-53/h2*1-36H. The molecule has 0 fully saturated rings. The fraction of sp³-hybridized carbons (Fsp3) is 0. The predicted octanol–water partition coefficient (Wildman–Crippen LogP) is 28.8. The van der Waals surface area contributed by atoms with Crippen LogP contribution in [-0.2, 0) is 0 Å². The summed E-state index contributed by atoms with van der Waals surface area (Å²) in [7, 11) is 0. The second kappa shape index (κ2) is 31.6. The van der Waals surface area contributed by atoms with E-state index in [1.54, 1.807) is 0 Å². The Bertz CT molecular complexity index is 7510. The summed E-state index contributed by atoms with van der Waals surface area (Å²) in [5.74, 6) is 3.83. The van der Waals surface area contributed by atoms with Crippen LogP contribution in [0.15, 0.2) is 437 Å². The fourth-order valence-corrected chi connectivity index (χ4v) is 16.4. The van der Waals surface area contributed by atoms with Gasteiger partial charge in [-0.3, -0.25) is 0 Å². The number of benzene rings is 18. The molecule has 4 aromatic heterocycles. The van der Waals surface area contributed by atoms with Gasteiger partial charge in [-0.15, -0.1) is 0 Å². The molecule has 0 atom stereocenters. The molecule has 22 rings (SSSR count). The highest BCUT2D eigenvalue weighted by molar-refractivity contribution is 6.18. The van der Waals surface area contributed by atoms with E-state index in [9.17, 15) is 0 Å². The number of hydrogen-bond donors (Lipinski definition) is 0. The molecule has 0 saturated carbocycles. The van der Waals surface area contributed by atoms with Crippen LogP contribution in [0, 0.1) is 0 Å². The van der Waals surface area contributed by atoms with Crippen LogP contribution in [-0.4, -0.2) is 39.9 Å². The van der Waals surface area contributed by atoms with Crippen LogP contribution < -0.4 is 0 Å². The van der Waals surface area contributed by atoms with Gasteiger partial charge in [0.05, 0.1) is 22.4 Å². The third kappa shape index (κ3) is 14.3. The lowest BCUT2D eigenvalue weighted by Crippen LogP contribution is -2.00. The molecule has 0 unspecified atom stereocenters. The van der Waals surface area contributed by atoms with E-state index >= 15 is 0 Å². The van der Waals surface area contributed by atoms with Crippen molar-refractivity contribution < 1.29 is 0 Å². The summed E-state index contributed by atoms with van der Waals surface area (Å²) < 4.78 is 0. The summed E-state index contributed by atoms with van der Waals surface area (Å²) >= 11 is 0. The molecule has 0 aliphatic heterocycles. The van der Waals surface area contributed by atoms with E-state index in [-0.39, 0.29) is 0 Å². The Morgan fingerprint density at radius 3 is 0.742 bits per heavy atom. The highest BCUT2D eigenvalue weighted by Gasteiger charge is 2.20. The molecule has 22 aromatic rings. The normalized spacial score (nSPS) is 11.3. The average molecular weight is 1530 g/mol. The maximum Gasteiger partial charge on any atom is 0.164 e. The van der Waals surface area contributed by atoms with Gasteiger partial charge in [0.15, 0.2) is 34.9 Å². The van der Waals surface area contributed by atoms with E-state index in [0.717, 1.165) is 133 Å². The van der Waals surface area contributed by atoms with Crippen molar-refractivity contribution in [1.29, 1.82) is 0 Å². The Balaban J connectivity index is 0.000000148. The first-order valence-electron chi connectivity index (χ1n) is 40.4. The first-order chi connectivity index (χ1) is 59.4. The van der Waals surface area contributed by atoms with Crippen LogP contribution in [0.1, 0.15) is 0 Å². The fourth-order valence-electron chi connectivity index (χ4n) is 16.4. The minimum absolute atomic E-state index is 0.634. The van der Waals surface area contributed by atoms with E-state index in [0.29, 0.717) is 34.9 Å². The molecule has 4 heterocycles. The lowest BCUT2D eigenvalue weighted by molar-refractivity contribution is 1.07. The van der Waals surface area contributed by atoms with Gasteiger partial charge in [-0.25, -0.2) is 39.9 Å². The Kier molecular flexibility index (Phi) is 18.8. The number of fused-ring (bicyclic) bond motifs is 9. The Morgan fingerprint density at radius 1 is 0.117 bits per heavy atom. The van der Waals surface area contributed by atoms with Crippen molar-refractivity contribution in [2.75, 3.05) is 0 Å². The third-order valence-electron chi connectivity index (χ3n) is 22.7. The zero-order valence-electron chi connectivity index (χ0n) is 65.1. The summed E-state index contributed by atoms with van der Waals surface area (Å²) in [6.07, 6.45) is 0. The summed E-state index contributed by atoms with van der Waals surface area (Å²) in [4.78, 5) is 40.4. The molecule has 0 spiro atoms. The monoisotopic (exact) mass is 1530 g/mol. The molecule has 560 valence electrons. The molecule has 0 aliphatic carbocycles. The Labute approximate surface area is 694 Å². The number of nitrogens with zero attached hydrogens (tertiary/aromatic N) is 8. The molecular weight excluding hydrogens is 1460 g/mol. The SMILES string of the molecule is c1ccc(-c2ccc(-c3nc(-c4ccccc4)nc(-c4ccc(-c5ccc(-c6cccc(-c7nc8c9ccccc9ccc8c8ccccc78)c6)cc5)cc4)n3)cc2)cc1.c1ccc(-c2ccc(-c3nc(-c4ccccc4)nc(-c4ccc(-c5ccc(-c6cccc(-c7nc8cc9ccccc9cc8c8ccccc78)c6)cc5)cc4)n3)cc2)cc1. The van der Waals surface area contributed by atoms with Gasteiger partial charge in [0.25, 0.3) is 0 Å². The van der Waals surface area contributed by atoms with Crippen molar-refractivity contribution >= 4 is 64.9 Å². The number of hydrogen-bond acceptors (Lipinski definition) is 8. The molecule has 0 aliphatic rings. The number of rotatable bonds is 14. The van der Waals surface area contributed by atoms with Crippen molar-refractivity contribution in [3.63, 3.8) is 0 Å². The minimum Gasteiger partial charge on any atom is -0.247 e. The van der Waals surface area contributed by atoms with Crippen molar-refractivity contribution in [2.45, 2.75) is 0 Å². The Morgan fingerprint density at radius 2 is 0.367 bits per heavy atom. The maximum absolute atomic E-state index is 5.36. The van der Waals surface area contributed by atoms with Crippen LogP contribution in [0.25, 0.3) is 222 Å². The zero-order valence-corrected chi connectivity index (χ0v) is 65.1. The van der Waals surface area contributed by atoms with Crippen LogP contribution >= 0.6 is 0 Å². The first kappa shape index (κ1) is 71.6. The highest BCUT2D eigenvalue weighted by Crippen LogP contribution is 2.41. The largest absolute Gasteiger partial charge is 0.247 e. The van der Waals surface area contributed by atoms with Crippen molar-refractivity contribution in [3.8, 4) is 158 Å². The van der Waals surface area contributed by atoms with Gasteiger partial charge in [-0.2, -0.15) is 0 Å². The van der Waals surface area contributed by atoms with E-state index < -0.39 is 0 Å². The van der Waals surface area contributed by atoms with Gasteiger partial charge in [0.1, 0.15) is 0 Å². The van der Waals surface area contributed by atoms with Gasteiger partial charge in [0.2, 0.25) is 0 Å². The molecule has 0 bridgehead atoms. The minimum atomic E-state index is 0.634. The van der Waals surface area contributed by atoms with E-state index in [2.05, 4.69) is 364 Å². The maximum atomic E-state index is 5.36. The smallest absolute Gasteiger partial charge is 0.164 e. The molecule has 8 heteroatoms. The van der Waals surface area contributed by atoms with Crippen LogP contribution in [0.2, 0.25) is 0 Å². The van der Waals surface area contributed by atoms with E-state index in [1.807, 2.05) is 72.8 Å². The molecule has 8 nitrogen and oxygen atoms in total. The quantitative estimate of drug-likeness (QED) is 0.0784. The zero-order chi connectivity index (χ0) is 79.7. The summed E-state index contributed by atoms with van der Waals surface area (Å²) in [5, 5.41) is 11.9. The van der Waals surface area contributed by atoms with Gasteiger partial charge in [-0.05, 0) is 118 Å². The first-order valence-corrected chi connectivity index (χ1v) is 40.4.